The number of aliphatic carboxylic acids is 1. The molecule has 0 unspecified atom stereocenters. The minimum absolute atomic E-state index is 0.0130. The lowest BCUT2D eigenvalue weighted by Gasteiger charge is -2.33. The number of anilines is 1. The van der Waals surface area contributed by atoms with Crippen LogP contribution in [0.15, 0.2) is 28.8 Å². The van der Waals surface area contributed by atoms with E-state index in [2.05, 4.69) is 47.6 Å². The van der Waals surface area contributed by atoms with Gasteiger partial charge in [0.2, 0.25) is 0 Å². The maximum absolute atomic E-state index is 11.8. The molecule has 0 saturated carbocycles. The fourth-order valence-corrected chi connectivity index (χ4v) is 5.03. The maximum Gasteiger partial charge on any atom is 0.307 e. The monoisotopic (exact) mass is 496 g/mol. The molecule has 1 N–H and O–H groups in total. The van der Waals surface area contributed by atoms with Crippen LogP contribution in [0.5, 0.6) is 0 Å². The molecule has 188 valence electrons. The molecule has 0 saturated heterocycles. The topological polar surface area (TPSA) is 75.8 Å². The minimum atomic E-state index is -0.825. The zero-order valence-electron chi connectivity index (χ0n) is 22.2. The number of fused-ring (bicyclic) bond motifs is 3. The second kappa shape index (κ2) is 10.5. The van der Waals surface area contributed by atoms with E-state index >= 15 is 0 Å². The van der Waals surface area contributed by atoms with Gasteiger partial charge in [-0.15, -0.1) is 0 Å². The molecule has 35 heavy (non-hydrogen) atoms. The van der Waals surface area contributed by atoms with Crippen molar-refractivity contribution in [3.8, 4) is 22.3 Å². The summed E-state index contributed by atoms with van der Waals surface area (Å²) in [5, 5.41) is 13.9. The van der Waals surface area contributed by atoms with Crippen molar-refractivity contribution in [1.82, 2.24) is 5.16 Å². The Balaban J connectivity index is 0.000000509. The lowest BCUT2D eigenvalue weighted by Crippen LogP contribution is -2.22. The Morgan fingerprint density at radius 3 is 2.20 bits per heavy atom. The molecule has 4 rings (SSSR count). The van der Waals surface area contributed by atoms with E-state index < -0.39 is 5.97 Å². The van der Waals surface area contributed by atoms with E-state index in [9.17, 15) is 9.90 Å². The first-order valence-electron chi connectivity index (χ1n) is 11.7. The fraction of sp³-hybridized carbons (Fsp3) is 0.429. The predicted molar refractivity (Wildman–Crippen MR) is 144 cm³/mol. The number of benzene rings is 2. The van der Waals surface area contributed by atoms with Crippen molar-refractivity contribution in [3.63, 3.8) is 0 Å². The molecular weight excluding hydrogens is 460 g/mol. The number of hydrogen-bond acceptors (Lipinski definition) is 6. The summed E-state index contributed by atoms with van der Waals surface area (Å²) >= 11 is 1.62. The van der Waals surface area contributed by atoms with Crippen molar-refractivity contribution in [2.24, 2.45) is 0 Å². The zero-order chi connectivity index (χ0) is 26.1. The highest BCUT2D eigenvalue weighted by atomic mass is 32.2. The fourth-order valence-electron chi connectivity index (χ4n) is 4.36. The third kappa shape index (κ3) is 5.57. The van der Waals surface area contributed by atoms with Gasteiger partial charge in [-0.05, 0) is 76.3 Å². The highest BCUT2D eigenvalue weighted by Gasteiger charge is 2.33. The van der Waals surface area contributed by atoms with Crippen molar-refractivity contribution in [2.45, 2.75) is 67.0 Å². The molecule has 0 radical (unpaired) electrons. The number of aromatic nitrogens is 1. The number of nitrogens with zero attached hydrogens (tertiary/aromatic N) is 2. The largest absolute Gasteiger partial charge is 0.481 e. The average Bonchev–Trinajstić information content (AvgIpc) is 3.17. The average molecular weight is 497 g/mol. The molecule has 0 amide bonds. The van der Waals surface area contributed by atoms with Crippen molar-refractivity contribution in [3.05, 3.63) is 58.0 Å². The predicted octanol–water partition coefficient (Wildman–Crippen LogP) is 6.90. The molecule has 0 bridgehead atoms. The molecule has 2 aromatic carbocycles. The summed E-state index contributed by atoms with van der Waals surface area (Å²) in [7, 11) is 1.71. The Labute approximate surface area is 212 Å². The van der Waals surface area contributed by atoms with E-state index in [0.29, 0.717) is 6.54 Å². The number of carboxylic acid groups (broad SMARTS) is 1. The van der Waals surface area contributed by atoms with Crippen LogP contribution in [0.4, 0.5) is 5.69 Å². The van der Waals surface area contributed by atoms with E-state index in [1.165, 1.54) is 5.56 Å². The Kier molecular flexibility index (Phi) is 8.02. The molecule has 0 aliphatic carbocycles. The van der Waals surface area contributed by atoms with Gasteiger partial charge in [0.25, 0.3) is 0 Å². The second-order valence-corrected chi connectivity index (χ2v) is 10.7. The second-order valence-electron chi connectivity index (χ2n) is 9.86. The highest BCUT2D eigenvalue weighted by Crippen LogP contribution is 2.50. The van der Waals surface area contributed by atoms with E-state index in [-0.39, 0.29) is 12.0 Å². The van der Waals surface area contributed by atoms with Crippen LogP contribution >= 0.6 is 11.9 Å². The standard InChI is InChI=1S/C23H24N2O3S.C5H12O/c1-12-6-8-16(9-7-12)20-14(3)21-22-15(4)28-24-18(22)11-25(29-5)23(21)13(2)17(20)10-19(26)27;1-5(2,3)6-4/h6-9H,10-11H2,1-5H3,(H,26,27);1-4H3. The third-order valence-corrected chi connectivity index (χ3v) is 7.08. The van der Waals surface area contributed by atoms with Gasteiger partial charge in [0.15, 0.2) is 0 Å². The van der Waals surface area contributed by atoms with Crippen LogP contribution in [0, 0.1) is 27.7 Å². The van der Waals surface area contributed by atoms with Gasteiger partial charge in [0.05, 0.1) is 29.8 Å². The van der Waals surface area contributed by atoms with Gasteiger partial charge in [-0.3, -0.25) is 4.79 Å². The summed E-state index contributed by atoms with van der Waals surface area (Å²) < 4.78 is 12.7. The summed E-state index contributed by atoms with van der Waals surface area (Å²) in [5.74, 6) is -0.0282. The van der Waals surface area contributed by atoms with Crippen molar-refractivity contribution in [2.75, 3.05) is 17.7 Å². The molecule has 1 aromatic heterocycles. The van der Waals surface area contributed by atoms with Crippen LogP contribution in [0.1, 0.15) is 54.5 Å². The van der Waals surface area contributed by atoms with E-state index in [4.69, 9.17) is 9.26 Å². The third-order valence-electron chi connectivity index (χ3n) is 6.32. The van der Waals surface area contributed by atoms with E-state index in [1.54, 1.807) is 19.1 Å². The number of ether oxygens (including phenoxy) is 1. The summed E-state index contributed by atoms with van der Waals surface area (Å²) in [6.45, 7) is 14.8. The molecule has 0 spiro atoms. The van der Waals surface area contributed by atoms with Crippen LogP contribution in [-0.2, 0) is 22.5 Å². The van der Waals surface area contributed by atoms with Gasteiger partial charge in [0.1, 0.15) is 11.5 Å². The molecule has 0 atom stereocenters. The van der Waals surface area contributed by atoms with Gasteiger partial charge in [0, 0.05) is 18.9 Å². The molecule has 0 fully saturated rings. The molecule has 1 aliphatic rings. The Hall–Kier alpha value is -2.77. The van der Waals surface area contributed by atoms with E-state index in [1.807, 2.05) is 40.9 Å². The molecule has 2 heterocycles. The number of rotatable bonds is 4. The highest BCUT2D eigenvalue weighted by molar-refractivity contribution is 7.99. The van der Waals surface area contributed by atoms with Crippen LogP contribution in [0.25, 0.3) is 22.3 Å². The van der Waals surface area contributed by atoms with Gasteiger partial charge in [-0.1, -0.05) is 46.9 Å². The first kappa shape index (κ1) is 26.8. The Bertz CT molecular complexity index is 1220. The summed E-state index contributed by atoms with van der Waals surface area (Å²) in [5.41, 5.74) is 10.3. The lowest BCUT2D eigenvalue weighted by atomic mass is 9.81. The summed E-state index contributed by atoms with van der Waals surface area (Å²) in [6.07, 6.45) is 2.02. The van der Waals surface area contributed by atoms with Crippen LogP contribution in [0.3, 0.4) is 0 Å². The first-order valence-corrected chi connectivity index (χ1v) is 12.8. The lowest BCUT2D eigenvalue weighted by molar-refractivity contribution is -0.136. The zero-order valence-corrected chi connectivity index (χ0v) is 23.0. The SMILES string of the molecule is COC(C)(C)C.CSN1Cc2noc(C)c2-c2c(C)c(-c3ccc(C)cc3)c(CC(=O)O)c(C)c21. The van der Waals surface area contributed by atoms with Crippen LogP contribution in [-0.4, -0.2) is 35.2 Å². The molecular formula is C28H36N2O4S. The number of carboxylic acids is 1. The van der Waals surface area contributed by atoms with Gasteiger partial charge >= 0.3 is 5.97 Å². The molecule has 3 aromatic rings. The van der Waals surface area contributed by atoms with Gasteiger partial charge < -0.3 is 18.7 Å². The molecule has 7 heteroatoms. The van der Waals surface area contributed by atoms with Crippen molar-refractivity contribution >= 4 is 23.6 Å². The normalized spacial score (nSPS) is 12.5. The molecule has 1 aliphatic heterocycles. The number of methoxy groups -OCH3 is 1. The number of carbonyl (C=O) groups is 1. The number of hydrogen-bond donors (Lipinski definition) is 1. The van der Waals surface area contributed by atoms with Crippen molar-refractivity contribution < 1.29 is 19.2 Å². The van der Waals surface area contributed by atoms with E-state index in [0.717, 1.165) is 56.1 Å². The smallest absolute Gasteiger partial charge is 0.307 e. The van der Waals surface area contributed by atoms with Gasteiger partial charge in [-0.2, -0.15) is 0 Å². The quantitative estimate of drug-likeness (QED) is 0.394. The van der Waals surface area contributed by atoms with Crippen molar-refractivity contribution in [1.29, 1.82) is 0 Å². The first-order chi connectivity index (χ1) is 16.4. The van der Waals surface area contributed by atoms with Crippen LogP contribution < -0.4 is 4.31 Å². The van der Waals surface area contributed by atoms with Crippen LogP contribution in [0.2, 0.25) is 0 Å². The van der Waals surface area contributed by atoms with Gasteiger partial charge in [-0.25, -0.2) is 0 Å². The Morgan fingerprint density at radius 1 is 1.09 bits per heavy atom. The number of aryl methyl sites for hydroxylation is 2. The minimum Gasteiger partial charge on any atom is -0.481 e. The summed E-state index contributed by atoms with van der Waals surface area (Å²) in [4.78, 5) is 11.8. The molecule has 6 nitrogen and oxygen atoms in total. The summed E-state index contributed by atoms with van der Waals surface area (Å²) in [6, 6.07) is 8.29. The Morgan fingerprint density at radius 2 is 1.69 bits per heavy atom. The maximum atomic E-state index is 11.8.